The van der Waals surface area contributed by atoms with Crippen molar-refractivity contribution in [3.8, 4) is 6.07 Å². The molecule has 1 N–H and O–H groups in total. The van der Waals surface area contributed by atoms with Gasteiger partial charge < -0.3 is 10.1 Å². The second kappa shape index (κ2) is 8.68. The van der Waals surface area contributed by atoms with Gasteiger partial charge >= 0.3 is 6.18 Å². The maximum atomic E-state index is 13.8. The number of alkyl halides is 3. The number of amides is 1. The van der Waals surface area contributed by atoms with E-state index < -0.39 is 17.7 Å². The lowest BCUT2D eigenvalue weighted by molar-refractivity contribution is -0.263. The first-order valence-corrected chi connectivity index (χ1v) is 8.23. The fourth-order valence-corrected chi connectivity index (χ4v) is 2.67. The number of unbranched alkanes of at least 4 members (excludes halogenated alkanes) is 2. The molecular weight excluding hydrogens is 361 g/mol. The molecule has 2 aromatic rings. The Bertz CT molecular complexity index is 799. The summed E-state index contributed by atoms with van der Waals surface area (Å²) in [7, 11) is 0.846. The SMILES string of the molecule is CO[C@](C(=O)Nc1cnn(CCCCC#N)c1)(c1ccccc1)C(F)(F)F. The van der Waals surface area contributed by atoms with Crippen LogP contribution >= 0.6 is 0 Å². The predicted molar refractivity (Wildman–Crippen MR) is 91.5 cm³/mol. The largest absolute Gasteiger partial charge is 0.430 e. The number of halogens is 3. The summed E-state index contributed by atoms with van der Waals surface area (Å²) in [4.78, 5) is 12.6. The number of methoxy groups -OCH3 is 1. The van der Waals surface area contributed by atoms with Crippen molar-refractivity contribution in [2.24, 2.45) is 0 Å². The fraction of sp³-hybridized carbons (Fsp3) is 0.389. The van der Waals surface area contributed by atoms with E-state index >= 15 is 0 Å². The zero-order chi connectivity index (χ0) is 19.9. The first-order valence-electron chi connectivity index (χ1n) is 8.23. The number of hydrogen-bond acceptors (Lipinski definition) is 4. The Hall–Kier alpha value is -2.86. The number of aryl methyl sites for hydroxylation is 1. The molecule has 144 valence electrons. The van der Waals surface area contributed by atoms with Gasteiger partial charge in [-0.1, -0.05) is 30.3 Å². The van der Waals surface area contributed by atoms with Gasteiger partial charge in [0, 0.05) is 31.8 Å². The first kappa shape index (κ1) is 20.5. The predicted octanol–water partition coefficient (Wildman–Crippen LogP) is 3.62. The number of anilines is 1. The van der Waals surface area contributed by atoms with Crippen LogP contribution in [-0.4, -0.2) is 29.0 Å². The smallest absolute Gasteiger partial charge is 0.356 e. The lowest BCUT2D eigenvalue weighted by Gasteiger charge is -2.33. The van der Waals surface area contributed by atoms with Crippen LogP contribution in [0.15, 0.2) is 42.7 Å². The van der Waals surface area contributed by atoms with Crippen molar-refractivity contribution in [1.82, 2.24) is 9.78 Å². The highest BCUT2D eigenvalue weighted by Gasteiger charge is 2.62. The average Bonchev–Trinajstić information content (AvgIpc) is 3.07. The molecule has 0 aliphatic carbocycles. The van der Waals surface area contributed by atoms with Crippen LogP contribution in [0.5, 0.6) is 0 Å². The summed E-state index contributed by atoms with van der Waals surface area (Å²) in [5.74, 6) is -1.35. The van der Waals surface area contributed by atoms with Gasteiger partial charge in [0.25, 0.3) is 11.5 Å². The van der Waals surface area contributed by atoms with Gasteiger partial charge in [0.15, 0.2) is 0 Å². The molecule has 9 heteroatoms. The van der Waals surface area contributed by atoms with Crippen LogP contribution in [-0.2, 0) is 21.7 Å². The Balaban J connectivity index is 2.20. The van der Waals surface area contributed by atoms with Gasteiger partial charge in [0.1, 0.15) is 0 Å². The molecule has 0 spiro atoms. The van der Waals surface area contributed by atoms with Crippen molar-refractivity contribution in [2.75, 3.05) is 12.4 Å². The number of benzene rings is 1. The zero-order valence-electron chi connectivity index (χ0n) is 14.7. The molecule has 1 amide bonds. The van der Waals surface area contributed by atoms with Crippen LogP contribution in [0.25, 0.3) is 0 Å². The summed E-state index contributed by atoms with van der Waals surface area (Å²) >= 11 is 0. The molecule has 0 bridgehead atoms. The lowest BCUT2D eigenvalue weighted by atomic mass is 9.91. The van der Waals surface area contributed by atoms with Gasteiger partial charge in [-0.3, -0.25) is 9.48 Å². The Morgan fingerprint density at radius 3 is 2.59 bits per heavy atom. The van der Waals surface area contributed by atoms with Crippen molar-refractivity contribution < 1.29 is 22.7 Å². The Labute approximate surface area is 154 Å². The zero-order valence-corrected chi connectivity index (χ0v) is 14.7. The van der Waals surface area contributed by atoms with Gasteiger partial charge in [0.05, 0.1) is 18.0 Å². The molecule has 1 heterocycles. The van der Waals surface area contributed by atoms with Gasteiger partial charge in [-0.2, -0.15) is 23.5 Å². The van der Waals surface area contributed by atoms with Crippen LogP contribution < -0.4 is 5.32 Å². The number of aromatic nitrogens is 2. The van der Waals surface area contributed by atoms with E-state index in [1.165, 1.54) is 41.3 Å². The number of nitriles is 1. The molecule has 6 nitrogen and oxygen atoms in total. The van der Waals surface area contributed by atoms with Gasteiger partial charge in [-0.25, -0.2) is 0 Å². The van der Waals surface area contributed by atoms with Gasteiger partial charge in [-0.15, -0.1) is 0 Å². The van der Waals surface area contributed by atoms with Gasteiger partial charge in [-0.05, 0) is 12.8 Å². The number of nitrogens with zero attached hydrogens (tertiary/aromatic N) is 3. The molecule has 0 fully saturated rings. The summed E-state index contributed by atoms with van der Waals surface area (Å²) in [6.45, 7) is 0.491. The van der Waals surface area contributed by atoms with Crippen LogP contribution in [0.4, 0.5) is 18.9 Å². The van der Waals surface area contributed by atoms with E-state index in [2.05, 4.69) is 10.4 Å². The number of nitrogens with one attached hydrogen (secondary N) is 1. The summed E-state index contributed by atoms with van der Waals surface area (Å²) in [5, 5.41) is 14.8. The highest BCUT2D eigenvalue weighted by atomic mass is 19.4. The Kier molecular flexibility index (Phi) is 6.58. The van der Waals surface area contributed by atoms with Crippen LogP contribution in [0.2, 0.25) is 0 Å². The second-order valence-electron chi connectivity index (χ2n) is 5.81. The monoisotopic (exact) mass is 380 g/mol. The molecule has 0 unspecified atom stereocenters. The average molecular weight is 380 g/mol. The summed E-state index contributed by atoms with van der Waals surface area (Å²) in [6.07, 6.45) is -0.468. The quantitative estimate of drug-likeness (QED) is 0.710. The van der Waals surface area contributed by atoms with Crippen molar-refractivity contribution in [3.05, 3.63) is 48.3 Å². The number of rotatable bonds is 8. The van der Waals surface area contributed by atoms with E-state index in [-0.39, 0.29) is 11.3 Å². The summed E-state index contributed by atoms with van der Waals surface area (Å²) in [6, 6.07) is 8.77. The van der Waals surface area contributed by atoms with E-state index in [0.717, 1.165) is 7.11 Å². The molecule has 0 aliphatic heterocycles. The molecule has 27 heavy (non-hydrogen) atoms. The van der Waals surface area contributed by atoms with E-state index in [9.17, 15) is 18.0 Å². The number of ether oxygens (including phenoxy) is 1. The fourth-order valence-electron chi connectivity index (χ4n) is 2.67. The molecule has 0 aliphatic rings. The minimum atomic E-state index is -4.97. The molecular formula is C18H19F3N4O2. The van der Waals surface area contributed by atoms with Crippen LogP contribution in [0.1, 0.15) is 24.8 Å². The third kappa shape index (κ3) is 4.46. The summed E-state index contributed by atoms with van der Waals surface area (Å²) < 4.78 is 47.7. The highest BCUT2D eigenvalue weighted by Crippen LogP contribution is 2.42. The third-order valence-electron chi connectivity index (χ3n) is 4.02. The van der Waals surface area contributed by atoms with E-state index in [0.29, 0.717) is 25.8 Å². The standard InChI is InChI=1S/C18H19F3N4O2/c1-27-17(18(19,20)21,14-8-4-2-5-9-14)16(26)24-15-12-23-25(13-15)11-7-3-6-10-22/h2,4-5,8-9,12-13H,3,6-7,11H2,1H3,(H,24,26)/t17-/m0/s1. The number of hydrogen-bond donors (Lipinski definition) is 1. The van der Waals surface area contributed by atoms with Gasteiger partial charge in [0.2, 0.25) is 0 Å². The maximum Gasteiger partial charge on any atom is 0.430 e. The molecule has 0 saturated heterocycles. The van der Waals surface area contributed by atoms with Crippen molar-refractivity contribution in [1.29, 1.82) is 5.26 Å². The van der Waals surface area contributed by atoms with Crippen molar-refractivity contribution in [3.63, 3.8) is 0 Å². The van der Waals surface area contributed by atoms with Crippen LogP contribution in [0.3, 0.4) is 0 Å². The minimum Gasteiger partial charge on any atom is -0.356 e. The number of carbonyl (C=O) groups excluding carboxylic acids is 1. The molecule has 0 saturated carbocycles. The van der Waals surface area contributed by atoms with Crippen molar-refractivity contribution in [2.45, 2.75) is 37.6 Å². The molecule has 0 radical (unpaired) electrons. The third-order valence-corrected chi connectivity index (χ3v) is 4.02. The number of carbonyl (C=O) groups is 1. The summed E-state index contributed by atoms with van der Waals surface area (Å²) in [5.41, 5.74) is -3.33. The van der Waals surface area contributed by atoms with E-state index in [1.807, 2.05) is 6.07 Å². The molecule has 1 atom stereocenters. The molecule has 2 rings (SSSR count). The normalized spacial score (nSPS) is 13.6. The highest BCUT2D eigenvalue weighted by molar-refractivity contribution is 5.98. The second-order valence-corrected chi connectivity index (χ2v) is 5.81. The Morgan fingerprint density at radius 1 is 1.30 bits per heavy atom. The van der Waals surface area contributed by atoms with Crippen molar-refractivity contribution >= 4 is 11.6 Å². The maximum absolute atomic E-state index is 13.8. The van der Waals surface area contributed by atoms with E-state index in [4.69, 9.17) is 10.00 Å². The molecule has 1 aromatic carbocycles. The first-order chi connectivity index (χ1) is 12.8. The molecule has 1 aromatic heterocycles. The topological polar surface area (TPSA) is 79.9 Å². The Morgan fingerprint density at radius 2 is 2.00 bits per heavy atom. The van der Waals surface area contributed by atoms with Crippen LogP contribution in [0, 0.1) is 11.3 Å². The van der Waals surface area contributed by atoms with E-state index in [1.54, 1.807) is 6.07 Å². The minimum absolute atomic E-state index is 0.127. The lowest BCUT2D eigenvalue weighted by Crippen LogP contribution is -2.53.